The van der Waals surface area contributed by atoms with Crippen molar-refractivity contribution in [2.24, 2.45) is 0 Å². The van der Waals surface area contributed by atoms with Crippen LogP contribution in [0.5, 0.6) is 5.75 Å². The zero-order valence-electron chi connectivity index (χ0n) is 17.5. The lowest BCUT2D eigenvalue weighted by Gasteiger charge is -2.32. The summed E-state index contributed by atoms with van der Waals surface area (Å²) >= 11 is 0. The van der Waals surface area contributed by atoms with Crippen LogP contribution in [-0.4, -0.2) is 30.0 Å². The quantitative estimate of drug-likeness (QED) is 0.426. The smallest absolute Gasteiger partial charge is 0.253 e. The lowest BCUT2D eigenvalue weighted by Crippen LogP contribution is -2.41. The number of para-hydroxylation sites is 1. The van der Waals surface area contributed by atoms with Crippen LogP contribution in [0.3, 0.4) is 0 Å². The lowest BCUT2D eigenvalue weighted by molar-refractivity contribution is 0.0595. The molecule has 1 amide bonds. The monoisotopic (exact) mass is 422 g/mol. The number of fused-ring (bicyclic) bond motifs is 1. The Morgan fingerprint density at radius 3 is 2.50 bits per heavy atom. The van der Waals surface area contributed by atoms with E-state index in [0.29, 0.717) is 24.2 Å². The van der Waals surface area contributed by atoms with E-state index in [1.165, 1.54) is 0 Å². The van der Waals surface area contributed by atoms with Crippen LogP contribution < -0.4 is 4.74 Å². The SMILES string of the molecule is N#Cc1cccc(C(=O)N2CCC(Oc3ccc(-c4cc5ccccc5o4)cc3)CC2)c1. The maximum Gasteiger partial charge on any atom is 0.253 e. The fourth-order valence-electron chi connectivity index (χ4n) is 4.10. The van der Waals surface area contributed by atoms with Crippen LogP contribution in [0.4, 0.5) is 0 Å². The zero-order valence-corrected chi connectivity index (χ0v) is 17.5. The Labute approximate surface area is 186 Å². The van der Waals surface area contributed by atoms with Crippen LogP contribution in [0.25, 0.3) is 22.3 Å². The molecule has 1 aromatic heterocycles. The van der Waals surface area contributed by atoms with Crippen molar-refractivity contribution >= 4 is 16.9 Å². The molecule has 158 valence electrons. The first-order valence-electron chi connectivity index (χ1n) is 10.7. The van der Waals surface area contributed by atoms with E-state index in [9.17, 15) is 4.79 Å². The Kier molecular flexibility index (Phi) is 5.35. The van der Waals surface area contributed by atoms with Crippen LogP contribution in [-0.2, 0) is 0 Å². The summed E-state index contributed by atoms with van der Waals surface area (Å²) < 4.78 is 12.1. The van der Waals surface area contributed by atoms with Gasteiger partial charge in [-0.2, -0.15) is 5.26 Å². The Morgan fingerprint density at radius 2 is 1.75 bits per heavy atom. The highest BCUT2D eigenvalue weighted by Gasteiger charge is 2.25. The maximum atomic E-state index is 12.7. The van der Waals surface area contributed by atoms with Crippen molar-refractivity contribution in [3.8, 4) is 23.1 Å². The standard InChI is InChI=1S/C27H22N2O3/c28-18-19-4-3-6-22(16-19)27(30)29-14-12-24(13-15-29)31-23-10-8-20(9-11-23)26-17-21-5-1-2-7-25(21)32-26/h1-11,16-17,24H,12-15H2. The number of rotatable bonds is 4. The van der Waals surface area contributed by atoms with Crippen molar-refractivity contribution in [3.63, 3.8) is 0 Å². The molecule has 1 aliphatic heterocycles. The summed E-state index contributed by atoms with van der Waals surface area (Å²) in [6.45, 7) is 1.27. The second-order valence-electron chi connectivity index (χ2n) is 7.97. The van der Waals surface area contributed by atoms with Gasteiger partial charge in [0.15, 0.2) is 0 Å². The summed E-state index contributed by atoms with van der Waals surface area (Å²) in [4.78, 5) is 14.6. The molecule has 5 nitrogen and oxygen atoms in total. The van der Waals surface area contributed by atoms with Gasteiger partial charge >= 0.3 is 0 Å². The number of piperidine rings is 1. The molecular weight excluding hydrogens is 400 g/mol. The van der Waals surface area contributed by atoms with E-state index < -0.39 is 0 Å². The van der Waals surface area contributed by atoms with Crippen LogP contribution in [0.15, 0.2) is 83.3 Å². The summed E-state index contributed by atoms with van der Waals surface area (Å²) in [7, 11) is 0. The minimum absolute atomic E-state index is 0.0317. The first-order chi connectivity index (χ1) is 15.7. The van der Waals surface area contributed by atoms with Crippen molar-refractivity contribution in [2.45, 2.75) is 18.9 Å². The Balaban J connectivity index is 1.19. The van der Waals surface area contributed by atoms with Crippen LogP contribution in [0.2, 0.25) is 0 Å². The molecule has 0 aliphatic carbocycles. The molecule has 3 aromatic carbocycles. The second-order valence-corrected chi connectivity index (χ2v) is 7.97. The van der Waals surface area contributed by atoms with Crippen LogP contribution in [0, 0.1) is 11.3 Å². The normalized spacial score (nSPS) is 14.3. The van der Waals surface area contributed by atoms with Gasteiger partial charge in [-0.1, -0.05) is 24.3 Å². The highest BCUT2D eigenvalue weighted by atomic mass is 16.5. The number of carbonyl (C=O) groups excluding carboxylic acids is 1. The summed E-state index contributed by atoms with van der Waals surface area (Å²) in [5, 5.41) is 10.1. The van der Waals surface area contributed by atoms with Gasteiger partial charge in [-0.15, -0.1) is 0 Å². The highest BCUT2D eigenvalue weighted by Crippen LogP contribution is 2.29. The van der Waals surface area contributed by atoms with E-state index in [1.54, 1.807) is 24.3 Å². The van der Waals surface area contributed by atoms with E-state index in [1.807, 2.05) is 59.5 Å². The van der Waals surface area contributed by atoms with E-state index in [0.717, 1.165) is 40.9 Å². The van der Waals surface area contributed by atoms with E-state index in [2.05, 4.69) is 6.07 Å². The van der Waals surface area contributed by atoms with Gasteiger partial charge in [-0.25, -0.2) is 0 Å². The average molecular weight is 422 g/mol. The average Bonchev–Trinajstić information content (AvgIpc) is 3.29. The number of nitrogens with zero attached hydrogens (tertiary/aromatic N) is 2. The minimum Gasteiger partial charge on any atom is -0.490 e. The van der Waals surface area contributed by atoms with Crippen molar-refractivity contribution in [1.82, 2.24) is 4.90 Å². The van der Waals surface area contributed by atoms with Crippen molar-refractivity contribution in [2.75, 3.05) is 13.1 Å². The molecule has 5 heteroatoms. The fraction of sp³-hybridized carbons (Fsp3) is 0.185. The fourth-order valence-corrected chi connectivity index (χ4v) is 4.10. The van der Waals surface area contributed by atoms with Crippen molar-refractivity contribution in [3.05, 3.63) is 90.0 Å². The van der Waals surface area contributed by atoms with Crippen LogP contribution >= 0.6 is 0 Å². The third-order valence-electron chi connectivity index (χ3n) is 5.83. The second kappa shape index (κ2) is 8.60. The van der Waals surface area contributed by atoms with E-state index in [4.69, 9.17) is 14.4 Å². The zero-order chi connectivity index (χ0) is 21.9. The molecule has 0 bridgehead atoms. The molecule has 1 saturated heterocycles. The molecule has 1 aliphatic rings. The molecule has 5 rings (SSSR count). The predicted molar refractivity (Wildman–Crippen MR) is 122 cm³/mol. The third-order valence-corrected chi connectivity index (χ3v) is 5.83. The van der Waals surface area contributed by atoms with Gasteiger partial charge in [0, 0.05) is 42.4 Å². The number of hydrogen-bond donors (Lipinski definition) is 0. The molecular formula is C27H22N2O3. The summed E-state index contributed by atoms with van der Waals surface area (Å²) in [6, 6.07) is 26.9. The summed E-state index contributed by atoms with van der Waals surface area (Å²) in [5.41, 5.74) is 2.95. The largest absolute Gasteiger partial charge is 0.490 e. The molecule has 0 saturated carbocycles. The van der Waals surface area contributed by atoms with Gasteiger partial charge in [0.2, 0.25) is 0 Å². The van der Waals surface area contributed by atoms with Gasteiger partial charge in [-0.05, 0) is 54.6 Å². The minimum atomic E-state index is -0.0317. The molecule has 0 spiro atoms. The first-order valence-corrected chi connectivity index (χ1v) is 10.7. The third kappa shape index (κ3) is 4.08. The molecule has 32 heavy (non-hydrogen) atoms. The van der Waals surface area contributed by atoms with E-state index >= 15 is 0 Å². The number of furan rings is 1. The Morgan fingerprint density at radius 1 is 0.969 bits per heavy atom. The van der Waals surface area contributed by atoms with Gasteiger partial charge in [-0.3, -0.25) is 4.79 Å². The van der Waals surface area contributed by atoms with Gasteiger partial charge in [0.25, 0.3) is 5.91 Å². The number of nitriles is 1. The number of amides is 1. The van der Waals surface area contributed by atoms with Gasteiger partial charge in [0.05, 0.1) is 11.6 Å². The summed E-state index contributed by atoms with van der Waals surface area (Å²) in [5.74, 6) is 1.62. The molecule has 0 unspecified atom stereocenters. The van der Waals surface area contributed by atoms with Crippen molar-refractivity contribution in [1.29, 1.82) is 5.26 Å². The van der Waals surface area contributed by atoms with Crippen LogP contribution in [0.1, 0.15) is 28.8 Å². The van der Waals surface area contributed by atoms with Crippen molar-refractivity contribution < 1.29 is 13.9 Å². The van der Waals surface area contributed by atoms with Gasteiger partial charge in [0.1, 0.15) is 23.2 Å². The molecule has 0 radical (unpaired) electrons. The summed E-state index contributed by atoms with van der Waals surface area (Å²) in [6.07, 6.45) is 1.62. The topological polar surface area (TPSA) is 66.5 Å². The van der Waals surface area contributed by atoms with Gasteiger partial charge < -0.3 is 14.1 Å². The first kappa shape index (κ1) is 19.9. The van der Waals surface area contributed by atoms with E-state index in [-0.39, 0.29) is 12.0 Å². The molecule has 2 heterocycles. The number of likely N-dealkylation sites (tertiary alicyclic amines) is 1. The lowest BCUT2D eigenvalue weighted by atomic mass is 10.0. The molecule has 1 fully saturated rings. The number of carbonyl (C=O) groups is 1. The Bertz CT molecular complexity index is 1260. The Hall–Kier alpha value is -4.04. The molecule has 0 N–H and O–H groups in total. The number of hydrogen-bond acceptors (Lipinski definition) is 4. The highest BCUT2D eigenvalue weighted by molar-refractivity contribution is 5.94. The number of benzene rings is 3. The molecule has 4 aromatic rings. The molecule has 0 atom stereocenters. The predicted octanol–water partition coefficient (Wildman–Crippen LogP) is 5.66. The maximum absolute atomic E-state index is 12.7. The number of ether oxygens (including phenoxy) is 1.